The fourth-order valence-corrected chi connectivity index (χ4v) is 3.29. The Hall–Kier alpha value is -2.36. The zero-order valence-electron chi connectivity index (χ0n) is 14.5. The second-order valence-electron chi connectivity index (χ2n) is 5.95. The largest absolute Gasteiger partial charge is 0.466 e. The van der Waals surface area contributed by atoms with E-state index >= 15 is 0 Å². The van der Waals surface area contributed by atoms with Crippen molar-refractivity contribution in [1.82, 2.24) is 10.3 Å². The maximum absolute atomic E-state index is 13.7. The van der Waals surface area contributed by atoms with E-state index in [0.717, 1.165) is 30.9 Å². The van der Waals surface area contributed by atoms with Crippen LogP contribution in [-0.2, 0) is 14.3 Å². The van der Waals surface area contributed by atoms with E-state index in [4.69, 9.17) is 0 Å². The van der Waals surface area contributed by atoms with Crippen molar-refractivity contribution in [2.45, 2.75) is 38.5 Å². The summed E-state index contributed by atoms with van der Waals surface area (Å²) in [4.78, 5) is 27.4. The first-order chi connectivity index (χ1) is 12.0. The number of fused-ring (bicyclic) bond motifs is 1. The molecule has 0 aliphatic heterocycles. The molecule has 1 atom stereocenters. The molecule has 10 heteroatoms. The number of alkyl halides is 3. The fraction of sp³-hybridized carbons (Fsp3) is 0.438. The van der Waals surface area contributed by atoms with Gasteiger partial charge in [-0.2, -0.15) is 13.2 Å². The molecule has 0 radical (unpaired) electrons. The summed E-state index contributed by atoms with van der Waals surface area (Å²) >= 11 is 0.946. The maximum Gasteiger partial charge on any atom is 0.442 e. The number of nitrogens with one attached hydrogen (secondary N) is 2. The summed E-state index contributed by atoms with van der Waals surface area (Å²) in [7, 11) is 0.805. The lowest BCUT2D eigenvalue weighted by Crippen LogP contribution is -2.69. The quantitative estimate of drug-likeness (QED) is 0.605. The highest BCUT2D eigenvalue weighted by Gasteiger charge is 2.63. The minimum atomic E-state index is -5.16. The minimum Gasteiger partial charge on any atom is -0.466 e. The highest BCUT2D eigenvalue weighted by Crippen LogP contribution is 2.36. The molecule has 0 aliphatic carbocycles. The Kier molecular flexibility index (Phi) is 5.45. The van der Waals surface area contributed by atoms with Crippen LogP contribution in [0, 0.1) is 0 Å². The van der Waals surface area contributed by atoms with Crippen LogP contribution >= 0.6 is 11.3 Å². The van der Waals surface area contributed by atoms with Gasteiger partial charge in [0.1, 0.15) is 0 Å². The average Bonchev–Trinajstić information content (AvgIpc) is 2.92. The van der Waals surface area contributed by atoms with Gasteiger partial charge in [-0.05, 0) is 23.6 Å². The Morgan fingerprint density at radius 3 is 2.42 bits per heavy atom. The van der Waals surface area contributed by atoms with Crippen molar-refractivity contribution in [1.29, 1.82) is 0 Å². The van der Waals surface area contributed by atoms with Crippen molar-refractivity contribution in [3.63, 3.8) is 0 Å². The Balaban J connectivity index is 2.52. The first kappa shape index (κ1) is 20.0. The van der Waals surface area contributed by atoms with E-state index in [0.29, 0.717) is 10.2 Å². The lowest BCUT2D eigenvalue weighted by atomic mass is 10.0. The number of amides is 1. The van der Waals surface area contributed by atoms with E-state index < -0.39 is 23.7 Å². The summed E-state index contributed by atoms with van der Waals surface area (Å²) in [6.07, 6.45) is -5.16. The predicted octanol–water partition coefficient (Wildman–Crippen LogP) is 3.40. The van der Waals surface area contributed by atoms with E-state index in [-0.39, 0.29) is 11.0 Å². The van der Waals surface area contributed by atoms with Crippen molar-refractivity contribution in [3.05, 3.63) is 23.8 Å². The van der Waals surface area contributed by atoms with Gasteiger partial charge in [0.25, 0.3) is 0 Å². The number of hydrogen-bond donors (Lipinski definition) is 2. The molecule has 1 heterocycles. The van der Waals surface area contributed by atoms with Gasteiger partial charge in [-0.15, -0.1) is 0 Å². The predicted molar refractivity (Wildman–Crippen MR) is 92.0 cm³/mol. The molecule has 1 amide bonds. The number of nitrogens with zero attached hydrogens (tertiary/aromatic N) is 1. The Morgan fingerprint density at radius 1 is 1.27 bits per heavy atom. The van der Waals surface area contributed by atoms with Crippen LogP contribution in [0.1, 0.15) is 32.3 Å². The summed E-state index contributed by atoms with van der Waals surface area (Å²) < 4.78 is 46.0. The number of aromatic nitrogens is 1. The Bertz CT molecular complexity index is 835. The number of ether oxygens (including phenoxy) is 1. The van der Waals surface area contributed by atoms with Gasteiger partial charge in [0.05, 0.1) is 17.3 Å². The van der Waals surface area contributed by atoms with Gasteiger partial charge < -0.3 is 15.4 Å². The normalized spacial score (nSPS) is 14.2. The first-order valence-electron chi connectivity index (χ1n) is 7.62. The topological polar surface area (TPSA) is 80.3 Å². The van der Waals surface area contributed by atoms with E-state index in [1.165, 1.54) is 0 Å². The summed E-state index contributed by atoms with van der Waals surface area (Å²) in [6.45, 7) is 4.85. The molecular weight excluding hydrogens is 371 g/mol. The SMILES string of the molecule is COC(=O)[C@@](NC(C)=O)(Nc1nc2ccc(C(C)C)cc2s1)C(F)(F)F. The lowest BCUT2D eigenvalue weighted by molar-refractivity contribution is -0.206. The highest BCUT2D eigenvalue weighted by molar-refractivity contribution is 7.22. The molecule has 2 rings (SSSR count). The van der Waals surface area contributed by atoms with Crippen molar-refractivity contribution >= 4 is 38.6 Å². The van der Waals surface area contributed by atoms with Gasteiger partial charge in [0.15, 0.2) is 5.13 Å². The number of halogens is 3. The minimum absolute atomic E-state index is 0.169. The number of methoxy groups -OCH3 is 1. The summed E-state index contributed by atoms with van der Waals surface area (Å²) in [6, 6.07) is 5.36. The zero-order chi connectivity index (χ0) is 19.7. The molecule has 26 heavy (non-hydrogen) atoms. The molecule has 0 saturated heterocycles. The standard InChI is InChI=1S/C16H18F3N3O3S/c1-8(2)10-5-6-11-12(7-10)26-14(20-11)22-15(13(24)25-4,16(17,18)19)21-9(3)23/h5-8H,1-4H3,(H,20,22)(H,21,23)/t15-/m1/s1. The number of rotatable bonds is 5. The molecule has 0 fully saturated rings. The van der Waals surface area contributed by atoms with Crippen LogP contribution < -0.4 is 10.6 Å². The molecule has 1 aromatic heterocycles. The molecule has 0 spiro atoms. The van der Waals surface area contributed by atoms with Gasteiger partial charge in [0, 0.05) is 6.92 Å². The summed E-state index contributed by atoms with van der Waals surface area (Å²) in [5.41, 5.74) is -1.95. The Labute approximate surface area is 151 Å². The lowest BCUT2D eigenvalue weighted by Gasteiger charge is -2.33. The van der Waals surface area contributed by atoms with Crippen molar-refractivity contribution < 1.29 is 27.5 Å². The van der Waals surface area contributed by atoms with Gasteiger partial charge in [-0.3, -0.25) is 4.79 Å². The summed E-state index contributed by atoms with van der Waals surface area (Å²) in [5, 5.41) is 3.48. The molecule has 0 unspecified atom stereocenters. The van der Waals surface area contributed by atoms with Crippen LogP contribution in [0.4, 0.5) is 18.3 Å². The molecule has 2 N–H and O–H groups in total. The zero-order valence-corrected chi connectivity index (χ0v) is 15.3. The summed E-state index contributed by atoms with van der Waals surface area (Å²) in [5.74, 6) is -2.51. The number of benzene rings is 1. The van der Waals surface area contributed by atoms with Gasteiger partial charge in [-0.25, -0.2) is 9.78 Å². The molecule has 6 nitrogen and oxygen atoms in total. The maximum atomic E-state index is 13.7. The average molecular weight is 389 g/mol. The van der Waals surface area contributed by atoms with Crippen LogP contribution in [0.2, 0.25) is 0 Å². The van der Waals surface area contributed by atoms with Crippen LogP contribution in [-0.4, -0.2) is 35.8 Å². The van der Waals surface area contributed by atoms with E-state index in [9.17, 15) is 22.8 Å². The third-order valence-corrected chi connectivity index (χ3v) is 4.59. The van der Waals surface area contributed by atoms with Gasteiger partial charge >= 0.3 is 17.8 Å². The molecule has 1 aromatic carbocycles. The van der Waals surface area contributed by atoms with Crippen molar-refractivity contribution in [2.75, 3.05) is 12.4 Å². The van der Waals surface area contributed by atoms with Crippen LogP contribution in [0.5, 0.6) is 0 Å². The number of anilines is 1. The van der Waals surface area contributed by atoms with Gasteiger partial charge in [-0.1, -0.05) is 31.3 Å². The number of thiazole rings is 1. The number of carbonyl (C=O) groups excluding carboxylic acids is 2. The third-order valence-electron chi connectivity index (χ3n) is 3.65. The van der Waals surface area contributed by atoms with E-state index in [1.54, 1.807) is 11.4 Å². The molecular formula is C16H18F3N3O3S. The highest BCUT2D eigenvalue weighted by atomic mass is 32.1. The van der Waals surface area contributed by atoms with E-state index in [2.05, 4.69) is 9.72 Å². The molecule has 142 valence electrons. The van der Waals surface area contributed by atoms with Crippen molar-refractivity contribution in [3.8, 4) is 0 Å². The molecule has 0 bridgehead atoms. The van der Waals surface area contributed by atoms with Crippen LogP contribution in [0.3, 0.4) is 0 Å². The number of esters is 1. The molecule has 2 aromatic rings. The molecule has 0 saturated carbocycles. The second-order valence-corrected chi connectivity index (χ2v) is 6.98. The van der Waals surface area contributed by atoms with E-state index in [1.807, 2.05) is 31.3 Å². The molecule has 0 aliphatic rings. The smallest absolute Gasteiger partial charge is 0.442 e. The van der Waals surface area contributed by atoms with Crippen molar-refractivity contribution in [2.24, 2.45) is 0 Å². The Morgan fingerprint density at radius 2 is 1.92 bits per heavy atom. The number of carbonyl (C=O) groups is 2. The number of hydrogen-bond acceptors (Lipinski definition) is 6. The monoisotopic (exact) mass is 389 g/mol. The second kappa shape index (κ2) is 7.10. The van der Waals surface area contributed by atoms with Gasteiger partial charge in [0.2, 0.25) is 5.91 Å². The third kappa shape index (κ3) is 3.74. The fourth-order valence-electron chi connectivity index (χ4n) is 2.32. The van der Waals surface area contributed by atoms with Crippen LogP contribution in [0.15, 0.2) is 18.2 Å². The first-order valence-corrected chi connectivity index (χ1v) is 8.44. The van der Waals surface area contributed by atoms with Crippen LogP contribution in [0.25, 0.3) is 10.2 Å².